The van der Waals surface area contributed by atoms with E-state index in [0.717, 1.165) is 18.2 Å². The molecule has 0 aliphatic rings. The third kappa shape index (κ3) is 6.04. The minimum Gasteiger partial charge on any atom is -0.354 e. The fourth-order valence-electron chi connectivity index (χ4n) is 1.79. The number of hydrogen-bond donors (Lipinski definition) is 2. The fourth-order valence-corrected chi connectivity index (χ4v) is 1.79. The van der Waals surface area contributed by atoms with Gasteiger partial charge in [-0.25, -0.2) is 4.98 Å². The van der Waals surface area contributed by atoms with Crippen molar-refractivity contribution in [3.63, 3.8) is 0 Å². The first-order chi connectivity index (χ1) is 9.31. The normalized spacial score (nSPS) is 14.2. The standard InChI is InChI=1S/C14H28N6/c1-11(7-8-14(2,3)4)19-13(15-5)16-9-12-17-10-18-20(12)6/h10-11H,7-9H2,1-6H3,(H2,15,16,19). The smallest absolute Gasteiger partial charge is 0.191 e. The van der Waals surface area contributed by atoms with Crippen molar-refractivity contribution in [1.82, 2.24) is 25.4 Å². The SMILES string of the molecule is CN=C(NCc1ncnn1C)NC(C)CCC(C)(C)C. The van der Waals surface area contributed by atoms with Crippen LogP contribution in [0.1, 0.15) is 46.4 Å². The van der Waals surface area contributed by atoms with Gasteiger partial charge in [-0.3, -0.25) is 9.67 Å². The van der Waals surface area contributed by atoms with Gasteiger partial charge in [0.15, 0.2) is 5.96 Å². The lowest BCUT2D eigenvalue weighted by Crippen LogP contribution is -2.42. The van der Waals surface area contributed by atoms with Crippen molar-refractivity contribution in [1.29, 1.82) is 0 Å². The molecule has 1 rings (SSSR count). The van der Waals surface area contributed by atoms with Crippen molar-refractivity contribution in [2.75, 3.05) is 7.05 Å². The minimum absolute atomic E-state index is 0.367. The number of guanidine groups is 1. The van der Waals surface area contributed by atoms with Crippen LogP contribution in [-0.4, -0.2) is 33.8 Å². The third-order valence-corrected chi connectivity index (χ3v) is 3.15. The average molecular weight is 280 g/mol. The van der Waals surface area contributed by atoms with Crippen LogP contribution in [0.3, 0.4) is 0 Å². The van der Waals surface area contributed by atoms with Gasteiger partial charge in [-0.05, 0) is 25.2 Å². The molecule has 0 fully saturated rings. The number of nitrogens with one attached hydrogen (secondary N) is 2. The highest BCUT2D eigenvalue weighted by Gasteiger charge is 2.13. The highest BCUT2D eigenvalue weighted by molar-refractivity contribution is 5.79. The Kier molecular flexibility index (Phi) is 5.98. The first-order valence-corrected chi connectivity index (χ1v) is 7.12. The lowest BCUT2D eigenvalue weighted by Gasteiger charge is -2.23. The van der Waals surface area contributed by atoms with Gasteiger partial charge in [0.1, 0.15) is 12.2 Å². The molecule has 6 nitrogen and oxygen atoms in total. The summed E-state index contributed by atoms with van der Waals surface area (Å²) >= 11 is 0. The Labute approximate surface area is 122 Å². The summed E-state index contributed by atoms with van der Waals surface area (Å²) in [4.78, 5) is 8.41. The van der Waals surface area contributed by atoms with Crippen molar-refractivity contribution < 1.29 is 0 Å². The number of aryl methyl sites for hydroxylation is 1. The van der Waals surface area contributed by atoms with Crippen LogP contribution < -0.4 is 10.6 Å². The van der Waals surface area contributed by atoms with Gasteiger partial charge in [-0.1, -0.05) is 20.8 Å². The van der Waals surface area contributed by atoms with Gasteiger partial charge >= 0.3 is 0 Å². The fraction of sp³-hybridized carbons (Fsp3) is 0.786. The van der Waals surface area contributed by atoms with Gasteiger partial charge in [0, 0.05) is 20.1 Å². The number of nitrogens with zero attached hydrogens (tertiary/aromatic N) is 4. The molecule has 0 saturated heterocycles. The lowest BCUT2D eigenvalue weighted by molar-refractivity contribution is 0.346. The minimum atomic E-state index is 0.367. The molecule has 0 aliphatic heterocycles. The van der Waals surface area contributed by atoms with Crippen molar-refractivity contribution >= 4 is 5.96 Å². The highest BCUT2D eigenvalue weighted by Crippen LogP contribution is 2.21. The molecule has 1 aromatic heterocycles. The van der Waals surface area contributed by atoms with Crippen LogP contribution in [0.5, 0.6) is 0 Å². The van der Waals surface area contributed by atoms with E-state index in [2.05, 4.69) is 53.4 Å². The summed E-state index contributed by atoms with van der Waals surface area (Å²) in [5.74, 6) is 1.68. The van der Waals surface area contributed by atoms with E-state index in [1.54, 1.807) is 18.1 Å². The zero-order valence-corrected chi connectivity index (χ0v) is 13.6. The Morgan fingerprint density at radius 3 is 2.65 bits per heavy atom. The molecule has 2 N–H and O–H groups in total. The second-order valence-electron chi connectivity index (χ2n) is 6.37. The molecule has 0 aliphatic carbocycles. The van der Waals surface area contributed by atoms with Gasteiger partial charge in [-0.15, -0.1) is 0 Å². The molecule has 0 spiro atoms. The number of aromatic nitrogens is 3. The summed E-state index contributed by atoms with van der Waals surface area (Å²) in [7, 11) is 3.66. The topological polar surface area (TPSA) is 67.1 Å². The maximum Gasteiger partial charge on any atom is 0.191 e. The first kappa shape index (κ1) is 16.5. The van der Waals surface area contributed by atoms with Gasteiger partial charge in [0.05, 0.1) is 6.54 Å². The summed E-state index contributed by atoms with van der Waals surface area (Å²) in [5.41, 5.74) is 0.367. The van der Waals surface area contributed by atoms with E-state index in [9.17, 15) is 0 Å². The zero-order chi connectivity index (χ0) is 15.2. The maximum atomic E-state index is 4.24. The van der Waals surface area contributed by atoms with Crippen LogP contribution in [0.15, 0.2) is 11.3 Å². The molecule has 1 unspecified atom stereocenters. The predicted molar refractivity (Wildman–Crippen MR) is 82.5 cm³/mol. The zero-order valence-electron chi connectivity index (χ0n) is 13.6. The second kappa shape index (κ2) is 7.26. The molecule has 0 radical (unpaired) electrons. The van der Waals surface area contributed by atoms with Gasteiger partial charge in [0.25, 0.3) is 0 Å². The summed E-state index contributed by atoms with van der Waals surface area (Å²) < 4.78 is 1.75. The molecule has 6 heteroatoms. The molecule has 0 amide bonds. The van der Waals surface area contributed by atoms with Gasteiger partial charge in [-0.2, -0.15) is 5.10 Å². The van der Waals surface area contributed by atoms with Crippen LogP contribution in [0.2, 0.25) is 0 Å². The number of aliphatic imine (C=N–C) groups is 1. The average Bonchev–Trinajstić information content (AvgIpc) is 2.77. The van der Waals surface area contributed by atoms with E-state index in [1.807, 2.05) is 7.05 Å². The summed E-state index contributed by atoms with van der Waals surface area (Å²) in [6.07, 6.45) is 3.86. The molecule has 1 heterocycles. The third-order valence-electron chi connectivity index (χ3n) is 3.15. The molecule has 0 bridgehead atoms. The Balaban J connectivity index is 2.38. The monoisotopic (exact) mass is 280 g/mol. The molecule has 1 atom stereocenters. The lowest BCUT2D eigenvalue weighted by atomic mass is 9.89. The Hall–Kier alpha value is -1.59. The van der Waals surface area contributed by atoms with Crippen LogP contribution in [-0.2, 0) is 13.6 Å². The number of rotatable bonds is 5. The highest BCUT2D eigenvalue weighted by atomic mass is 15.3. The molecule has 20 heavy (non-hydrogen) atoms. The Bertz CT molecular complexity index is 429. The largest absolute Gasteiger partial charge is 0.354 e. The van der Waals surface area contributed by atoms with Crippen molar-refractivity contribution in [3.8, 4) is 0 Å². The van der Waals surface area contributed by atoms with Crippen molar-refractivity contribution in [3.05, 3.63) is 12.2 Å². The Morgan fingerprint density at radius 2 is 2.15 bits per heavy atom. The molecule has 0 aromatic carbocycles. The first-order valence-electron chi connectivity index (χ1n) is 7.12. The van der Waals surface area contributed by atoms with Crippen LogP contribution >= 0.6 is 0 Å². The number of hydrogen-bond acceptors (Lipinski definition) is 3. The maximum absolute atomic E-state index is 4.24. The summed E-state index contributed by atoms with van der Waals surface area (Å²) in [6, 6.07) is 0.389. The quantitative estimate of drug-likeness (QED) is 0.636. The summed E-state index contributed by atoms with van der Waals surface area (Å²) in [6.45, 7) is 9.59. The summed E-state index contributed by atoms with van der Waals surface area (Å²) in [5, 5.41) is 10.7. The van der Waals surface area contributed by atoms with Gasteiger partial charge < -0.3 is 10.6 Å². The molecular formula is C14H28N6. The van der Waals surface area contributed by atoms with Crippen molar-refractivity contribution in [2.24, 2.45) is 17.5 Å². The van der Waals surface area contributed by atoms with Gasteiger partial charge in [0.2, 0.25) is 0 Å². The van der Waals surface area contributed by atoms with Crippen LogP contribution in [0, 0.1) is 5.41 Å². The van der Waals surface area contributed by atoms with E-state index >= 15 is 0 Å². The Morgan fingerprint density at radius 1 is 1.45 bits per heavy atom. The molecule has 0 saturated carbocycles. The molecule has 114 valence electrons. The van der Waals surface area contributed by atoms with Crippen LogP contribution in [0.4, 0.5) is 0 Å². The molecule has 1 aromatic rings. The van der Waals surface area contributed by atoms with Crippen molar-refractivity contribution in [2.45, 2.75) is 53.1 Å². The predicted octanol–water partition coefficient (Wildman–Crippen LogP) is 1.69. The molecular weight excluding hydrogens is 252 g/mol. The van der Waals surface area contributed by atoms with E-state index in [-0.39, 0.29) is 0 Å². The second-order valence-corrected chi connectivity index (χ2v) is 6.37. The van der Waals surface area contributed by atoms with E-state index in [1.165, 1.54) is 6.42 Å². The van der Waals surface area contributed by atoms with Crippen LogP contribution in [0.25, 0.3) is 0 Å². The van der Waals surface area contributed by atoms with E-state index in [4.69, 9.17) is 0 Å². The van der Waals surface area contributed by atoms with E-state index < -0.39 is 0 Å². The van der Waals surface area contributed by atoms with E-state index in [0.29, 0.717) is 18.0 Å².